The Bertz CT molecular complexity index is 2450. The van der Waals surface area contributed by atoms with Crippen LogP contribution in [0.25, 0.3) is 10.9 Å². The predicted octanol–water partition coefficient (Wildman–Crippen LogP) is 4.12. The normalized spacial score (nSPS) is 29.8. The van der Waals surface area contributed by atoms with E-state index in [9.17, 15) is 20.3 Å². The molecule has 3 aromatic carbocycles. The van der Waals surface area contributed by atoms with Gasteiger partial charge in [0.2, 0.25) is 6.79 Å². The van der Waals surface area contributed by atoms with Crippen LogP contribution in [0.15, 0.2) is 30.3 Å². The molecule has 8 heterocycles. The number of piperazine rings is 1. The number of aliphatic hydroxyl groups excluding tert-OH is 1. The van der Waals surface area contributed by atoms with Crippen LogP contribution < -0.4 is 24.3 Å². The number of nitrogens with one attached hydrogen (secondary N) is 2. The van der Waals surface area contributed by atoms with Gasteiger partial charge in [0, 0.05) is 64.0 Å². The molecule has 1 aromatic heterocycles. The van der Waals surface area contributed by atoms with Crippen LogP contribution in [0.3, 0.4) is 0 Å². The highest BCUT2D eigenvalue weighted by Gasteiger charge is 2.62. The molecule has 15 heteroatoms. The van der Waals surface area contributed by atoms with Gasteiger partial charge >= 0.3 is 11.9 Å². The topological polar surface area (TPSA) is 179 Å². The third-order valence-electron chi connectivity index (χ3n) is 13.1. The number of ether oxygens (including phenoxy) is 5. The van der Waals surface area contributed by atoms with Crippen LogP contribution in [0.1, 0.15) is 68.9 Å². The quantitative estimate of drug-likeness (QED) is 0.172. The summed E-state index contributed by atoms with van der Waals surface area (Å²) in [5, 5.41) is 37.9. The van der Waals surface area contributed by atoms with Crippen LogP contribution >= 0.6 is 11.8 Å². The van der Waals surface area contributed by atoms with Crippen molar-refractivity contribution in [2.45, 2.75) is 80.7 Å². The molecule has 11 rings (SSSR count). The summed E-state index contributed by atoms with van der Waals surface area (Å²) in [5.74, 6) is 0.758. The monoisotopic (exact) mass is 793 g/mol. The average molecular weight is 794 g/mol. The number of hydrogen-bond donors (Lipinski definition) is 4. The lowest BCUT2D eigenvalue weighted by Gasteiger charge is -2.62. The number of aryl methyl sites for hydroxylation is 1. The van der Waals surface area contributed by atoms with Crippen molar-refractivity contribution in [2.75, 3.05) is 39.9 Å². The number of methoxy groups -OCH3 is 1. The van der Waals surface area contributed by atoms with Crippen molar-refractivity contribution in [3.05, 3.63) is 75.0 Å². The van der Waals surface area contributed by atoms with Crippen LogP contribution in [0.2, 0.25) is 0 Å². The van der Waals surface area contributed by atoms with Crippen LogP contribution in [0, 0.1) is 25.2 Å². The number of aromatic hydroxyl groups is 1. The first kappa shape index (κ1) is 36.4. The number of rotatable bonds is 3. The van der Waals surface area contributed by atoms with Crippen molar-refractivity contribution in [2.24, 2.45) is 0 Å². The van der Waals surface area contributed by atoms with Gasteiger partial charge in [0.15, 0.2) is 28.5 Å². The highest BCUT2D eigenvalue weighted by atomic mass is 32.2. The van der Waals surface area contributed by atoms with Crippen molar-refractivity contribution in [3.8, 4) is 34.8 Å². The maximum Gasteiger partial charge on any atom is 0.333 e. The summed E-state index contributed by atoms with van der Waals surface area (Å²) in [4.78, 5) is 35.9. The molecule has 57 heavy (non-hydrogen) atoms. The van der Waals surface area contributed by atoms with Crippen molar-refractivity contribution < 1.29 is 43.5 Å². The fourth-order valence-corrected chi connectivity index (χ4v) is 12.5. The number of aromatic nitrogens is 1. The molecule has 0 unspecified atom stereocenters. The Morgan fingerprint density at radius 1 is 1.12 bits per heavy atom. The number of nitriles is 1. The zero-order chi connectivity index (χ0) is 39.7. The highest BCUT2D eigenvalue weighted by molar-refractivity contribution is 7.99. The number of carbonyl (C=O) groups excluding carboxylic acids is 2. The van der Waals surface area contributed by atoms with Gasteiger partial charge in [-0.3, -0.25) is 19.9 Å². The zero-order valence-electron chi connectivity index (χ0n) is 32.2. The molecule has 0 amide bonds. The molecule has 7 aliphatic heterocycles. The van der Waals surface area contributed by atoms with Gasteiger partial charge in [0.25, 0.3) is 0 Å². The van der Waals surface area contributed by atoms with E-state index in [1.807, 2.05) is 51.2 Å². The number of phenols is 1. The minimum Gasteiger partial charge on any atom is -0.504 e. The first-order chi connectivity index (χ1) is 27.5. The van der Waals surface area contributed by atoms with Crippen LogP contribution in [-0.2, 0) is 32.7 Å². The lowest BCUT2D eigenvalue weighted by Crippen LogP contribution is -2.69. The second-order valence-electron chi connectivity index (χ2n) is 16.0. The smallest absolute Gasteiger partial charge is 0.333 e. The van der Waals surface area contributed by atoms with Crippen LogP contribution in [-0.4, -0.2) is 101 Å². The fraction of sp³-hybridized carbons (Fsp3) is 0.452. The molecule has 296 valence electrons. The number of hydrogen-bond acceptors (Lipinski definition) is 14. The molecular weight excluding hydrogens is 751 g/mol. The Morgan fingerprint density at radius 2 is 1.91 bits per heavy atom. The lowest BCUT2D eigenvalue weighted by molar-refractivity contribution is -0.158. The number of fused-ring (bicyclic) bond motifs is 11. The molecule has 0 saturated carbocycles. The molecule has 2 saturated heterocycles. The lowest BCUT2D eigenvalue weighted by atomic mass is 9.71. The molecule has 14 nitrogen and oxygen atoms in total. The maximum atomic E-state index is 15.0. The van der Waals surface area contributed by atoms with Gasteiger partial charge in [-0.2, -0.15) is 5.26 Å². The first-order valence-electron chi connectivity index (χ1n) is 19.2. The molecular formula is C42H43N5O9S. The summed E-state index contributed by atoms with van der Waals surface area (Å²) in [6, 6.07) is 9.36. The number of phenolic OH excluding ortho intramolecular Hbond substituents is 1. The van der Waals surface area contributed by atoms with Gasteiger partial charge in [-0.25, -0.2) is 4.79 Å². The molecule has 8 atom stereocenters. The predicted molar refractivity (Wildman–Crippen MR) is 208 cm³/mol. The summed E-state index contributed by atoms with van der Waals surface area (Å²) < 4.78 is 30.8. The first-order valence-corrected chi connectivity index (χ1v) is 20.3. The summed E-state index contributed by atoms with van der Waals surface area (Å²) in [5.41, 5.74) is 5.42. The summed E-state index contributed by atoms with van der Waals surface area (Å²) in [7, 11) is 3.54. The third kappa shape index (κ3) is 4.91. The second kappa shape index (κ2) is 13.0. The van der Waals surface area contributed by atoms with Gasteiger partial charge in [-0.15, -0.1) is 11.8 Å². The Hall–Kier alpha value is -4.98. The Labute approximate surface area is 332 Å². The number of nitrogens with zero attached hydrogens (tertiary/aromatic N) is 3. The van der Waals surface area contributed by atoms with E-state index in [0.717, 1.165) is 27.6 Å². The average Bonchev–Trinajstić information content (AvgIpc) is 3.84. The number of aliphatic hydroxyl groups is 1. The van der Waals surface area contributed by atoms with E-state index < -0.39 is 52.9 Å². The van der Waals surface area contributed by atoms with E-state index >= 15 is 4.79 Å². The Balaban J connectivity index is 1.26. The molecule has 0 aliphatic carbocycles. The third-order valence-corrected chi connectivity index (χ3v) is 14.6. The number of thioether (sulfide) groups is 1. The second-order valence-corrected chi connectivity index (χ2v) is 17.1. The summed E-state index contributed by atoms with van der Waals surface area (Å²) in [6.07, 6.45) is 0.984. The van der Waals surface area contributed by atoms with Gasteiger partial charge in [0.05, 0.1) is 42.8 Å². The fourth-order valence-electron chi connectivity index (χ4n) is 10.9. The number of para-hydroxylation sites is 1. The number of benzene rings is 3. The van der Waals surface area contributed by atoms with Crippen LogP contribution in [0.4, 0.5) is 0 Å². The highest BCUT2D eigenvalue weighted by Crippen LogP contribution is 2.64. The Kier molecular flexibility index (Phi) is 8.31. The van der Waals surface area contributed by atoms with Crippen molar-refractivity contribution in [1.82, 2.24) is 20.1 Å². The van der Waals surface area contributed by atoms with Crippen molar-refractivity contribution in [3.63, 3.8) is 0 Å². The summed E-state index contributed by atoms with van der Waals surface area (Å²) >= 11 is 1.49. The van der Waals surface area contributed by atoms with E-state index in [-0.39, 0.29) is 37.6 Å². The molecule has 4 N–H and O–H groups in total. The number of likely N-dealkylation sites (N-methyl/N-ethyl adjacent to an activating group) is 1. The number of carbonyl (C=O) groups is 2. The van der Waals surface area contributed by atoms with Crippen molar-refractivity contribution in [1.29, 1.82) is 5.26 Å². The van der Waals surface area contributed by atoms with Crippen LogP contribution in [0.5, 0.6) is 28.7 Å². The van der Waals surface area contributed by atoms with Gasteiger partial charge in [0.1, 0.15) is 18.4 Å². The SMILES string of the molecule is COc1c(C)cc2c(c1O)[C@@H]1[C@@H]3[C@@H]4SC[C@]5(N[C@H](CO)Cc6c5[nH]c5ccccc65)C(=O)OC[C@@H](c5c6c(c(C)c(OC(C)=O)c54)OCO6)N3[C@@H](C#N)[C@H](C2)N1C. The number of esters is 2. The van der Waals surface area contributed by atoms with E-state index in [2.05, 4.69) is 26.2 Å². The van der Waals surface area contributed by atoms with E-state index in [0.29, 0.717) is 63.8 Å². The molecule has 4 aromatic rings. The largest absolute Gasteiger partial charge is 0.504 e. The molecule has 2 fully saturated rings. The molecule has 7 aliphatic rings. The van der Waals surface area contributed by atoms with Crippen molar-refractivity contribution >= 4 is 34.6 Å². The molecule has 1 spiro atoms. The standard InChI is InChI=1S/C42H43N5O9S/c1-18-10-21-11-26-27(13-43)47-28-15-53-41(51)42(40-24(12-22(14-48)45-42)23-8-6-7-9-25(23)44-40)16-57-39(33(47)32(46(26)4)29(21)34(50)35(18)52-5)31-30(28)38-37(54-17-55-38)19(2)36(31)56-20(3)49/h6-10,22,26-28,32-33,39,44-45,48,50H,11-12,14-17H2,1-5H3/t22-,26-,27-,28-,32+,33+,39+,42+/m0/s1. The van der Waals surface area contributed by atoms with E-state index in [1.54, 1.807) is 7.11 Å². The van der Waals surface area contributed by atoms with Gasteiger partial charge in [-0.1, -0.05) is 24.3 Å². The number of H-pyrrole nitrogens is 1. The molecule has 0 radical (unpaired) electrons. The maximum absolute atomic E-state index is 15.0. The van der Waals surface area contributed by atoms with E-state index in [1.165, 1.54) is 18.7 Å². The van der Waals surface area contributed by atoms with Gasteiger partial charge in [-0.05, 0) is 56.5 Å². The zero-order valence-corrected chi connectivity index (χ0v) is 33.0. The van der Waals surface area contributed by atoms with Gasteiger partial charge < -0.3 is 38.9 Å². The number of aromatic amines is 1. The summed E-state index contributed by atoms with van der Waals surface area (Å²) in [6.45, 7) is 4.65. The minimum absolute atomic E-state index is 0.0452. The minimum atomic E-state index is -1.43. The Morgan fingerprint density at radius 3 is 2.67 bits per heavy atom. The van der Waals surface area contributed by atoms with E-state index in [4.69, 9.17) is 23.7 Å². The molecule has 4 bridgehead atoms.